The van der Waals surface area contributed by atoms with Crippen molar-refractivity contribution < 1.29 is 4.39 Å². The van der Waals surface area contributed by atoms with Crippen molar-refractivity contribution in [1.82, 2.24) is 0 Å². The number of alkyl halides is 1. The van der Waals surface area contributed by atoms with Crippen molar-refractivity contribution in [2.24, 2.45) is 11.3 Å². The lowest BCUT2D eigenvalue weighted by Crippen LogP contribution is -2.31. The zero-order valence-electron chi connectivity index (χ0n) is 12.5. The van der Waals surface area contributed by atoms with Crippen LogP contribution in [0.4, 0.5) is 4.39 Å². The summed E-state index contributed by atoms with van der Waals surface area (Å²) in [5, 5.41) is 1.04. The van der Waals surface area contributed by atoms with Gasteiger partial charge in [-0.25, -0.2) is 4.39 Å². The molecule has 0 bridgehead atoms. The van der Waals surface area contributed by atoms with Gasteiger partial charge < -0.3 is 0 Å². The maximum absolute atomic E-state index is 13.3. The predicted octanol–water partition coefficient (Wildman–Crippen LogP) is 6.13. The van der Waals surface area contributed by atoms with Crippen molar-refractivity contribution in [2.75, 3.05) is 5.33 Å². The van der Waals surface area contributed by atoms with Gasteiger partial charge in [-0.2, -0.15) is 0 Å². The lowest BCUT2D eigenvalue weighted by Gasteiger charge is -2.39. The second kappa shape index (κ2) is 7.59. The number of rotatable bonds is 6. The van der Waals surface area contributed by atoms with Crippen molar-refractivity contribution in [2.45, 2.75) is 58.3 Å². The molecule has 1 fully saturated rings. The first-order chi connectivity index (χ1) is 9.67. The van der Waals surface area contributed by atoms with Crippen molar-refractivity contribution in [1.29, 1.82) is 0 Å². The van der Waals surface area contributed by atoms with Crippen LogP contribution >= 0.6 is 15.9 Å². The van der Waals surface area contributed by atoms with Crippen LogP contribution in [0.15, 0.2) is 24.3 Å². The molecule has 1 aromatic carbocycles. The molecule has 0 unspecified atom stereocenters. The van der Waals surface area contributed by atoms with Crippen LogP contribution in [0.25, 0.3) is 0 Å². The van der Waals surface area contributed by atoms with Crippen LogP contribution in [-0.2, 0) is 6.42 Å². The van der Waals surface area contributed by atoms with Gasteiger partial charge in [0.2, 0.25) is 0 Å². The van der Waals surface area contributed by atoms with E-state index in [4.69, 9.17) is 0 Å². The summed E-state index contributed by atoms with van der Waals surface area (Å²) in [5.41, 5.74) is 1.49. The van der Waals surface area contributed by atoms with Crippen LogP contribution in [0.1, 0.15) is 57.4 Å². The predicted molar refractivity (Wildman–Crippen MR) is 87.8 cm³/mol. The van der Waals surface area contributed by atoms with Gasteiger partial charge in [0.15, 0.2) is 0 Å². The molecule has 0 aromatic heterocycles. The average Bonchev–Trinajstić information content (AvgIpc) is 2.47. The number of benzene rings is 1. The Hall–Kier alpha value is -0.370. The molecule has 0 heterocycles. The summed E-state index contributed by atoms with van der Waals surface area (Å²) in [6.45, 7) is 2.27. The summed E-state index contributed by atoms with van der Waals surface area (Å²) < 4.78 is 13.3. The zero-order chi connectivity index (χ0) is 14.4. The molecule has 0 N–H and O–H groups in total. The van der Waals surface area contributed by atoms with Crippen LogP contribution in [0, 0.1) is 17.2 Å². The van der Waals surface area contributed by atoms with E-state index in [1.54, 1.807) is 6.07 Å². The molecular formula is C18H26BrF. The number of halogens is 2. The van der Waals surface area contributed by atoms with Gasteiger partial charge in [-0.1, -0.05) is 54.2 Å². The first-order valence-electron chi connectivity index (χ1n) is 7.98. The highest BCUT2D eigenvalue weighted by molar-refractivity contribution is 9.09. The lowest BCUT2D eigenvalue weighted by atomic mass is 9.68. The maximum Gasteiger partial charge on any atom is 0.123 e. The standard InChI is InChI=1S/C18H26BrF/c1-2-3-5-15-8-10-18(14-19,11-9-15)13-16-6-4-7-17(20)12-16/h4,6-7,12,15H,2-3,5,8-11,13-14H2,1H3. The van der Waals surface area contributed by atoms with Crippen LogP contribution in [0.3, 0.4) is 0 Å². The fourth-order valence-corrected chi connectivity index (χ4v) is 4.27. The minimum absolute atomic E-state index is 0.108. The quantitative estimate of drug-likeness (QED) is 0.546. The molecule has 1 aliphatic rings. The third kappa shape index (κ3) is 4.31. The monoisotopic (exact) mass is 340 g/mol. The largest absolute Gasteiger partial charge is 0.207 e. The second-order valence-electron chi connectivity index (χ2n) is 6.53. The van der Waals surface area contributed by atoms with Crippen LogP contribution in [-0.4, -0.2) is 5.33 Å². The molecule has 1 saturated carbocycles. The summed E-state index contributed by atoms with van der Waals surface area (Å²) in [5.74, 6) is 0.818. The molecule has 0 spiro atoms. The van der Waals surface area contributed by atoms with Crippen LogP contribution in [0.5, 0.6) is 0 Å². The molecule has 20 heavy (non-hydrogen) atoms. The van der Waals surface area contributed by atoms with Gasteiger partial charge in [-0.05, 0) is 61.1 Å². The topological polar surface area (TPSA) is 0 Å². The fourth-order valence-electron chi connectivity index (χ4n) is 3.51. The molecule has 0 amide bonds. The highest BCUT2D eigenvalue weighted by Crippen LogP contribution is 2.44. The van der Waals surface area contributed by atoms with Gasteiger partial charge >= 0.3 is 0 Å². The average molecular weight is 341 g/mol. The summed E-state index contributed by atoms with van der Waals surface area (Å²) in [6, 6.07) is 7.13. The van der Waals surface area contributed by atoms with E-state index in [-0.39, 0.29) is 5.82 Å². The first-order valence-corrected chi connectivity index (χ1v) is 9.10. The van der Waals surface area contributed by atoms with Gasteiger partial charge in [-0.15, -0.1) is 0 Å². The molecule has 0 nitrogen and oxygen atoms in total. The van der Waals surface area contributed by atoms with Crippen LogP contribution in [0.2, 0.25) is 0 Å². The van der Waals surface area contributed by atoms with Crippen molar-refractivity contribution >= 4 is 15.9 Å². The molecule has 112 valence electrons. The Labute approximate surface area is 131 Å². The molecule has 0 radical (unpaired) electrons. The van der Waals surface area contributed by atoms with Crippen LogP contribution < -0.4 is 0 Å². The molecule has 2 heteroatoms. The third-order valence-corrected chi connectivity index (χ3v) is 6.07. The highest BCUT2D eigenvalue weighted by atomic mass is 79.9. The molecule has 0 aliphatic heterocycles. The van der Waals surface area contributed by atoms with Gasteiger partial charge in [0.1, 0.15) is 5.82 Å². The minimum atomic E-state index is -0.108. The van der Waals surface area contributed by atoms with E-state index in [9.17, 15) is 4.39 Å². The number of unbranched alkanes of at least 4 members (excludes halogenated alkanes) is 1. The van der Waals surface area contributed by atoms with Gasteiger partial charge in [0.25, 0.3) is 0 Å². The lowest BCUT2D eigenvalue weighted by molar-refractivity contribution is 0.168. The van der Waals surface area contributed by atoms with E-state index < -0.39 is 0 Å². The number of hydrogen-bond acceptors (Lipinski definition) is 0. The van der Waals surface area contributed by atoms with Gasteiger partial charge in [0.05, 0.1) is 0 Å². The Morgan fingerprint density at radius 1 is 1.30 bits per heavy atom. The summed E-state index contributed by atoms with van der Waals surface area (Å²) in [6.07, 6.45) is 10.3. The third-order valence-electron chi connectivity index (χ3n) is 4.88. The fraction of sp³-hybridized carbons (Fsp3) is 0.667. The Bertz CT molecular complexity index is 408. The van der Waals surface area contributed by atoms with E-state index >= 15 is 0 Å². The molecular weight excluding hydrogens is 315 g/mol. The van der Waals surface area contributed by atoms with E-state index in [2.05, 4.69) is 28.9 Å². The Balaban J connectivity index is 1.94. The molecule has 1 aliphatic carbocycles. The Morgan fingerprint density at radius 3 is 2.65 bits per heavy atom. The smallest absolute Gasteiger partial charge is 0.123 e. The minimum Gasteiger partial charge on any atom is -0.207 e. The normalized spacial score (nSPS) is 26.6. The van der Waals surface area contributed by atoms with Crippen molar-refractivity contribution in [3.05, 3.63) is 35.6 Å². The maximum atomic E-state index is 13.3. The summed E-state index contributed by atoms with van der Waals surface area (Å²) in [7, 11) is 0. The van der Waals surface area contributed by atoms with E-state index in [1.807, 2.05) is 6.07 Å². The summed E-state index contributed by atoms with van der Waals surface area (Å²) in [4.78, 5) is 0. The number of hydrogen-bond donors (Lipinski definition) is 0. The van der Waals surface area contributed by atoms with E-state index in [1.165, 1.54) is 51.0 Å². The second-order valence-corrected chi connectivity index (χ2v) is 7.09. The molecule has 2 rings (SSSR count). The van der Waals surface area contributed by atoms with Gasteiger partial charge in [0, 0.05) is 5.33 Å². The van der Waals surface area contributed by atoms with Crippen molar-refractivity contribution in [3.63, 3.8) is 0 Å². The molecule has 1 aromatic rings. The Kier molecular flexibility index (Phi) is 6.07. The zero-order valence-corrected chi connectivity index (χ0v) is 14.1. The van der Waals surface area contributed by atoms with Crippen molar-refractivity contribution in [3.8, 4) is 0 Å². The van der Waals surface area contributed by atoms with Gasteiger partial charge in [-0.3, -0.25) is 0 Å². The molecule has 0 saturated heterocycles. The van der Waals surface area contributed by atoms with E-state index in [0.717, 1.165) is 23.2 Å². The van der Waals surface area contributed by atoms with E-state index in [0.29, 0.717) is 5.41 Å². The summed E-state index contributed by atoms with van der Waals surface area (Å²) >= 11 is 3.72. The SMILES string of the molecule is CCCCC1CCC(CBr)(Cc2cccc(F)c2)CC1. The molecule has 0 atom stereocenters. The highest BCUT2D eigenvalue weighted by Gasteiger charge is 2.34. The Morgan fingerprint density at radius 2 is 2.05 bits per heavy atom. The first kappa shape index (κ1) is 16.0.